The van der Waals surface area contributed by atoms with Crippen LogP contribution in [0.2, 0.25) is 0 Å². The second-order valence-electron chi connectivity index (χ2n) is 8.20. The SMILES string of the molecule is O=C(NCc1ccco1)c1cccc(CNC(=O)c2cn(Cc3ccccc3)nc2-c2cccs2)c1. The minimum atomic E-state index is -0.217. The average Bonchev–Trinajstić information content (AvgIpc) is 3.69. The van der Waals surface area contributed by atoms with Crippen molar-refractivity contribution in [1.82, 2.24) is 20.4 Å². The van der Waals surface area contributed by atoms with E-state index >= 15 is 0 Å². The lowest BCUT2D eigenvalue weighted by Crippen LogP contribution is -2.24. The quantitative estimate of drug-likeness (QED) is 0.297. The van der Waals surface area contributed by atoms with Crippen LogP contribution in [0, 0.1) is 0 Å². The van der Waals surface area contributed by atoms with Crippen LogP contribution in [0.3, 0.4) is 0 Å². The molecule has 180 valence electrons. The van der Waals surface area contributed by atoms with Crippen molar-refractivity contribution in [2.45, 2.75) is 19.6 Å². The Morgan fingerprint density at radius 2 is 1.69 bits per heavy atom. The Labute approximate surface area is 212 Å². The number of nitrogens with zero attached hydrogens (tertiary/aromatic N) is 2. The van der Waals surface area contributed by atoms with Crippen LogP contribution in [0.25, 0.3) is 10.6 Å². The smallest absolute Gasteiger partial charge is 0.255 e. The molecule has 5 aromatic rings. The summed E-state index contributed by atoms with van der Waals surface area (Å²) in [5.41, 5.74) is 3.61. The van der Waals surface area contributed by atoms with Gasteiger partial charge in [0.05, 0.1) is 29.8 Å². The van der Waals surface area contributed by atoms with Gasteiger partial charge in [-0.15, -0.1) is 11.3 Å². The summed E-state index contributed by atoms with van der Waals surface area (Å²) < 4.78 is 7.05. The monoisotopic (exact) mass is 496 g/mol. The topological polar surface area (TPSA) is 89.2 Å². The minimum absolute atomic E-state index is 0.207. The zero-order valence-corrected chi connectivity index (χ0v) is 20.2. The summed E-state index contributed by atoms with van der Waals surface area (Å²) in [5.74, 6) is 0.258. The highest BCUT2D eigenvalue weighted by Gasteiger charge is 2.19. The van der Waals surface area contributed by atoms with E-state index in [0.29, 0.717) is 35.7 Å². The van der Waals surface area contributed by atoms with E-state index in [4.69, 9.17) is 9.52 Å². The number of carbonyl (C=O) groups excluding carboxylic acids is 2. The molecule has 0 aliphatic carbocycles. The standard InChI is InChI=1S/C28H24N4O3S/c33-27(30-17-23-11-5-13-35-23)22-10-4-9-21(15-22)16-29-28(34)24-19-32(18-20-7-2-1-3-8-20)31-26(24)25-12-6-14-36-25/h1-15,19H,16-18H2,(H,29,34)(H,30,33). The molecule has 0 fully saturated rings. The van der Waals surface area contributed by atoms with Crippen LogP contribution in [-0.4, -0.2) is 21.6 Å². The van der Waals surface area contributed by atoms with E-state index in [-0.39, 0.29) is 18.4 Å². The number of rotatable bonds is 9. The Bertz CT molecular complexity index is 1440. The van der Waals surface area contributed by atoms with Crippen molar-refractivity contribution in [3.05, 3.63) is 125 Å². The Kier molecular flexibility index (Phi) is 7.05. The molecule has 2 aromatic carbocycles. The lowest BCUT2D eigenvalue weighted by atomic mass is 10.1. The van der Waals surface area contributed by atoms with Gasteiger partial charge < -0.3 is 15.1 Å². The fourth-order valence-electron chi connectivity index (χ4n) is 3.82. The zero-order valence-electron chi connectivity index (χ0n) is 19.4. The third kappa shape index (κ3) is 5.61. The van der Waals surface area contributed by atoms with Crippen LogP contribution >= 0.6 is 11.3 Å². The molecule has 5 rings (SSSR count). The molecule has 36 heavy (non-hydrogen) atoms. The molecule has 0 spiro atoms. The van der Waals surface area contributed by atoms with Crippen LogP contribution < -0.4 is 10.6 Å². The fraction of sp³-hybridized carbons (Fsp3) is 0.107. The molecule has 0 atom stereocenters. The Hall–Kier alpha value is -4.43. The normalized spacial score (nSPS) is 10.8. The Balaban J connectivity index is 1.28. The van der Waals surface area contributed by atoms with Gasteiger partial charge in [0.15, 0.2) is 0 Å². The lowest BCUT2D eigenvalue weighted by molar-refractivity contribution is 0.0943. The summed E-state index contributed by atoms with van der Waals surface area (Å²) >= 11 is 1.54. The van der Waals surface area contributed by atoms with Gasteiger partial charge in [0, 0.05) is 18.3 Å². The van der Waals surface area contributed by atoms with Crippen molar-refractivity contribution in [3.8, 4) is 10.6 Å². The van der Waals surface area contributed by atoms with E-state index in [0.717, 1.165) is 16.0 Å². The molecule has 0 saturated carbocycles. The third-order valence-electron chi connectivity index (χ3n) is 5.59. The predicted molar refractivity (Wildman–Crippen MR) is 139 cm³/mol. The van der Waals surface area contributed by atoms with Crippen molar-refractivity contribution in [1.29, 1.82) is 0 Å². The minimum Gasteiger partial charge on any atom is -0.467 e. The zero-order chi connectivity index (χ0) is 24.7. The van der Waals surface area contributed by atoms with Gasteiger partial charge in [0.2, 0.25) is 0 Å². The first-order chi connectivity index (χ1) is 17.7. The number of furan rings is 1. The molecule has 2 N–H and O–H groups in total. The molecular formula is C28H24N4O3S. The molecule has 3 aromatic heterocycles. The summed E-state index contributed by atoms with van der Waals surface area (Å²) in [6.45, 7) is 1.17. The average molecular weight is 497 g/mol. The number of thiophene rings is 1. The van der Waals surface area contributed by atoms with Crippen LogP contribution in [0.5, 0.6) is 0 Å². The number of hydrogen-bond acceptors (Lipinski definition) is 5. The Morgan fingerprint density at radius 1 is 0.861 bits per heavy atom. The maximum Gasteiger partial charge on any atom is 0.255 e. The first kappa shape index (κ1) is 23.3. The highest BCUT2D eigenvalue weighted by molar-refractivity contribution is 7.13. The van der Waals surface area contributed by atoms with Crippen LogP contribution in [0.1, 0.15) is 37.6 Å². The van der Waals surface area contributed by atoms with Crippen molar-refractivity contribution >= 4 is 23.2 Å². The molecular weight excluding hydrogens is 472 g/mol. The van der Waals surface area contributed by atoms with Crippen LogP contribution in [0.15, 0.2) is 101 Å². The maximum atomic E-state index is 13.2. The fourth-order valence-corrected chi connectivity index (χ4v) is 4.54. The molecule has 0 aliphatic heterocycles. The lowest BCUT2D eigenvalue weighted by Gasteiger charge is -2.08. The number of benzene rings is 2. The van der Waals surface area contributed by atoms with Crippen LogP contribution in [0.4, 0.5) is 0 Å². The van der Waals surface area contributed by atoms with Gasteiger partial charge >= 0.3 is 0 Å². The second kappa shape index (κ2) is 10.9. The van der Waals surface area contributed by atoms with Gasteiger partial charge in [-0.25, -0.2) is 0 Å². The third-order valence-corrected chi connectivity index (χ3v) is 6.47. The maximum absolute atomic E-state index is 13.2. The molecule has 3 heterocycles. The number of amides is 2. The molecule has 0 bridgehead atoms. The van der Waals surface area contributed by atoms with Gasteiger partial charge in [-0.2, -0.15) is 5.10 Å². The van der Waals surface area contributed by atoms with Gasteiger partial charge in [0.25, 0.3) is 11.8 Å². The van der Waals surface area contributed by atoms with Gasteiger partial charge in [-0.3, -0.25) is 14.3 Å². The molecule has 0 aliphatic rings. The summed E-state index contributed by atoms with van der Waals surface area (Å²) in [6, 6.07) is 24.7. The van der Waals surface area contributed by atoms with E-state index in [1.165, 1.54) is 0 Å². The first-order valence-corrected chi connectivity index (χ1v) is 12.4. The van der Waals surface area contributed by atoms with Gasteiger partial charge in [-0.1, -0.05) is 48.5 Å². The van der Waals surface area contributed by atoms with E-state index in [2.05, 4.69) is 10.6 Å². The Morgan fingerprint density at radius 3 is 2.47 bits per heavy atom. The number of nitrogens with one attached hydrogen (secondary N) is 2. The highest BCUT2D eigenvalue weighted by Crippen LogP contribution is 2.27. The molecule has 0 saturated heterocycles. The number of hydrogen-bond donors (Lipinski definition) is 2. The largest absolute Gasteiger partial charge is 0.467 e. The van der Waals surface area contributed by atoms with E-state index < -0.39 is 0 Å². The van der Waals surface area contributed by atoms with Crippen molar-refractivity contribution in [3.63, 3.8) is 0 Å². The molecule has 0 unspecified atom stereocenters. The second-order valence-corrected chi connectivity index (χ2v) is 9.14. The predicted octanol–water partition coefficient (Wildman–Crippen LogP) is 5.11. The molecule has 2 amide bonds. The number of carbonyl (C=O) groups is 2. The van der Waals surface area contributed by atoms with Crippen molar-refractivity contribution < 1.29 is 14.0 Å². The summed E-state index contributed by atoms with van der Waals surface area (Å²) in [6.07, 6.45) is 3.36. The first-order valence-electron chi connectivity index (χ1n) is 11.5. The summed E-state index contributed by atoms with van der Waals surface area (Å²) in [5, 5.41) is 12.5. The number of aromatic nitrogens is 2. The molecule has 8 heteroatoms. The summed E-state index contributed by atoms with van der Waals surface area (Å²) in [4.78, 5) is 26.7. The van der Waals surface area contributed by atoms with Crippen molar-refractivity contribution in [2.24, 2.45) is 0 Å². The van der Waals surface area contributed by atoms with E-state index in [9.17, 15) is 9.59 Å². The molecule has 0 radical (unpaired) electrons. The van der Waals surface area contributed by atoms with E-state index in [1.54, 1.807) is 58.8 Å². The summed E-state index contributed by atoms with van der Waals surface area (Å²) in [7, 11) is 0. The van der Waals surface area contributed by atoms with Gasteiger partial charge in [-0.05, 0) is 46.8 Å². The van der Waals surface area contributed by atoms with E-state index in [1.807, 2.05) is 53.9 Å². The van der Waals surface area contributed by atoms with Crippen molar-refractivity contribution in [2.75, 3.05) is 0 Å². The van der Waals surface area contributed by atoms with Gasteiger partial charge in [0.1, 0.15) is 11.5 Å². The van der Waals surface area contributed by atoms with Crippen LogP contribution in [-0.2, 0) is 19.6 Å². The highest BCUT2D eigenvalue weighted by atomic mass is 32.1. The molecule has 7 nitrogen and oxygen atoms in total.